The maximum Gasteiger partial charge on any atom is 0.407 e. The number of hydrogen-bond donors (Lipinski definition) is 2. The first-order valence-electron chi connectivity index (χ1n) is 7.16. The molecule has 0 bridgehead atoms. The number of anilines is 1. The monoisotopic (exact) mass is 348 g/mol. The van der Waals surface area contributed by atoms with Crippen molar-refractivity contribution in [2.24, 2.45) is 0 Å². The molecule has 0 unspecified atom stereocenters. The SMILES string of the molecule is COc1ccc(NC(=O)CNC(=O)OCc2ccccc2)cc1Cl. The third kappa shape index (κ3) is 5.48. The molecule has 2 amide bonds. The van der Waals surface area contributed by atoms with E-state index in [0.29, 0.717) is 16.5 Å². The predicted octanol–water partition coefficient (Wildman–Crippen LogP) is 3.21. The molecule has 0 aliphatic carbocycles. The van der Waals surface area contributed by atoms with Gasteiger partial charge >= 0.3 is 6.09 Å². The fourth-order valence-corrected chi connectivity index (χ4v) is 2.13. The van der Waals surface area contributed by atoms with Crippen molar-refractivity contribution in [2.75, 3.05) is 19.0 Å². The Bertz CT molecular complexity index is 707. The highest BCUT2D eigenvalue weighted by Gasteiger charge is 2.08. The van der Waals surface area contributed by atoms with Gasteiger partial charge in [-0.2, -0.15) is 0 Å². The summed E-state index contributed by atoms with van der Waals surface area (Å²) in [5, 5.41) is 5.37. The first kappa shape index (κ1) is 17.6. The molecule has 0 atom stereocenters. The van der Waals surface area contributed by atoms with Crippen LogP contribution in [-0.2, 0) is 16.1 Å². The average Bonchev–Trinajstić information content (AvgIpc) is 2.59. The standard InChI is InChI=1S/C17H17ClN2O4/c1-23-15-8-7-13(9-14(15)18)20-16(21)10-19-17(22)24-11-12-5-3-2-4-6-12/h2-9H,10-11H2,1H3,(H,19,22)(H,20,21). The molecule has 2 N–H and O–H groups in total. The normalized spacial score (nSPS) is 9.92. The van der Waals surface area contributed by atoms with E-state index >= 15 is 0 Å². The van der Waals surface area contributed by atoms with Gasteiger partial charge in [0.2, 0.25) is 5.91 Å². The van der Waals surface area contributed by atoms with Gasteiger partial charge in [-0.05, 0) is 23.8 Å². The van der Waals surface area contributed by atoms with Crippen molar-refractivity contribution in [3.63, 3.8) is 0 Å². The van der Waals surface area contributed by atoms with E-state index in [0.717, 1.165) is 5.56 Å². The van der Waals surface area contributed by atoms with Crippen LogP contribution in [0.25, 0.3) is 0 Å². The van der Waals surface area contributed by atoms with Crippen LogP contribution in [-0.4, -0.2) is 25.7 Å². The summed E-state index contributed by atoms with van der Waals surface area (Å²) in [6.07, 6.45) is -0.665. The lowest BCUT2D eigenvalue weighted by Crippen LogP contribution is -2.33. The molecule has 6 nitrogen and oxygen atoms in total. The van der Waals surface area contributed by atoms with Crippen LogP contribution in [0.2, 0.25) is 5.02 Å². The van der Waals surface area contributed by atoms with E-state index in [2.05, 4.69) is 10.6 Å². The summed E-state index contributed by atoms with van der Waals surface area (Å²) in [5.74, 6) is 0.116. The molecule has 2 aromatic rings. The first-order valence-corrected chi connectivity index (χ1v) is 7.54. The van der Waals surface area contributed by atoms with Crippen molar-refractivity contribution in [2.45, 2.75) is 6.61 Å². The van der Waals surface area contributed by atoms with E-state index in [1.54, 1.807) is 18.2 Å². The van der Waals surface area contributed by atoms with Crippen molar-refractivity contribution in [1.29, 1.82) is 0 Å². The molecular weight excluding hydrogens is 332 g/mol. The van der Waals surface area contributed by atoms with Crippen LogP contribution in [0.5, 0.6) is 5.75 Å². The third-order valence-electron chi connectivity index (χ3n) is 3.04. The van der Waals surface area contributed by atoms with Gasteiger partial charge in [-0.1, -0.05) is 41.9 Å². The Morgan fingerprint density at radius 3 is 2.54 bits per heavy atom. The van der Waals surface area contributed by atoms with Crippen LogP contribution in [0.3, 0.4) is 0 Å². The van der Waals surface area contributed by atoms with Crippen LogP contribution in [0.4, 0.5) is 10.5 Å². The number of carbonyl (C=O) groups excluding carboxylic acids is 2. The molecule has 0 aliphatic heterocycles. The van der Waals surface area contributed by atoms with Gasteiger partial charge in [0.25, 0.3) is 0 Å². The Labute approximate surface area is 144 Å². The maximum absolute atomic E-state index is 11.8. The molecule has 0 aromatic heterocycles. The van der Waals surface area contributed by atoms with E-state index in [4.69, 9.17) is 21.1 Å². The second-order valence-corrected chi connectivity index (χ2v) is 5.22. The molecular formula is C17H17ClN2O4. The summed E-state index contributed by atoms with van der Waals surface area (Å²) in [7, 11) is 1.50. The van der Waals surface area contributed by atoms with E-state index < -0.39 is 12.0 Å². The molecule has 0 fully saturated rings. The Balaban J connectivity index is 1.74. The summed E-state index contributed by atoms with van der Waals surface area (Å²) in [6, 6.07) is 14.1. The lowest BCUT2D eigenvalue weighted by molar-refractivity contribution is -0.115. The first-order chi connectivity index (χ1) is 11.6. The highest BCUT2D eigenvalue weighted by molar-refractivity contribution is 6.32. The van der Waals surface area contributed by atoms with Gasteiger partial charge in [-0.25, -0.2) is 4.79 Å². The number of hydrogen-bond acceptors (Lipinski definition) is 4. The molecule has 24 heavy (non-hydrogen) atoms. The summed E-state index contributed by atoms with van der Waals surface area (Å²) < 4.78 is 10.0. The summed E-state index contributed by atoms with van der Waals surface area (Å²) in [5.41, 5.74) is 1.37. The van der Waals surface area contributed by atoms with Gasteiger partial charge in [-0.15, -0.1) is 0 Å². The Kier molecular flexibility index (Phi) is 6.45. The minimum Gasteiger partial charge on any atom is -0.495 e. The maximum atomic E-state index is 11.8. The molecule has 0 saturated heterocycles. The van der Waals surface area contributed by atoms with E-state index in [-0.39, 0.29) is 13.2 Å². The van der Waals surface area contributed by atoms with Gasteiger partial charge in [0.15, 0.2) is 0 Å². The number of benzene rings is 2. The van der Waals surface area contributed by atoms with Crippen molar-refractivity contribution in [3.8, 4) is 5.75 Å². The van der Waals surface area contributed by atoms with Gasteiger partial charge in [0.05, 0.1) is 12.1 Å². The molecule has 7 heteroatoms. The number of carbonyl (C=O) groups is 2. The smallest absolute Gasteiger partial charge is 0.407 e. The van der Waals surface area contributed by atoms with Crippen molar-refractivity contribution in [1.82, 2.24) is 5.32 Å². The van der Waals surface area contributed by atoms with E-state index in [1.807, 2.05) is 30.3 Å². The number of nitrogens with one attached hydrogen (secondary N) is 2. The Morgan fingerprint density at radius 2 is 1.88 bits per heavy atom. The Hall–Kier alpha value is -2.73. The molecule has 0 heterocycles. The lowest BCUT2D eigenvalue weighted by Gasteiger charge is -2.09. The van der Waals surface area contributed by atoms with Crippen molar-refractivity contribution < 1.29 is 19.1 Å². The second-order valence-electron chi connectivity index (χ2n) is 4.81. The Morgan fingerprint density at radius 1 is 1.12 bits per heavy atom. The average molecular weight is 349 g/mol. The van der Waals surface area contributed by atoms with Crippen molar-refractivity contribution in [3.05, 3.63) is 59.1 Å². The molecule has 0 radical (unpaired) electrons. The number of ether oxygens (including phenoxy) is 2. The zero-order valence-electron chi connectivity index (χ0n) is 13.0. The number of halogens is 1. The molecule has 0 aliphatic rings. The van der Waals surface area contributed by atoms with Crippen LogP contribution in [0, 0.1) is 0 Å². The third-order valence-corrected chi connectivity index (χ3v) is 3.34. The van der Waals surface area contributed by atoms with Gasteiger partial charge < -0.3 is 20.1 Å². The highest BCUT2D eigenvalue weighted by atomic mass is 35.5. The molecule has 2 rings (SSSR count). The summed E-state index contributed by atoms with van der Waals surface area (Å²) in [4.78, 5) is 23.4. The van der Waals surface area contributed by atoms with Gasteiger partial charge in [0, 0.05) is 5.69 Å². The molecule has 0 saturated carbocycles. The highest BCUT2D eigenvalue weighted by Crippen LogP contribution is 2.27. The number of alkyl carbamates (subject to hydrolysis) is 1. The minimum atomic E-state index is -0.665. The van der Waals surface area contributed by atoms with Crippen LogP contribution in [0.1, 0.15) is 5.56 Å². The molecule has 2 aromatic carbocycles. The largest absolute Gasteiger partial charge is 0.495 e. The molecule has 126 valence electrons. The summed E-state index contributed by atoms with van der Waals surface area (Å²) >= 11 is 5.97. The van der Waals surface area contributed by atoms with Gasteiger partial charge in [-0.3, -0.25) is 4.79 Å². The quantitative estimate of drug-likeness (QED) is 0.840. The second kappa shape index (κ2) is 8.79. The zero-order valence-corrected chi connectivity index (χ0v) is 13.8. The minimum absolute atomic E-state index is 0.141. The van der Waals surface area contributed by atoms with Gasteiger partial charge in [0.1, 0.15) is 18.9 Å². The zero-order chi connectivity index (χ0) is 17.4. The fourth-order valence-electron chi connectivity index (χ4n) is 1.88. The number of methoxy groups -OCH3 is 1. The fraction of sp³-hybridized carbons (Fsp3) is 0.176. The number of amides is 2. The molecule has 0 spiro atoms. The number of rotatable bonds is 6. The van der Waals surface area contributed by atoms with E-state index in [9.17, 15) is 9.59 Å². The van der Waals surface area contributed by atoms with Crippen molar-refractivity contribution >= 4 is 29.3 Å². The lowest BCUT2D eigenvalue weighted by atomic mass is 10.2. The van der Waals surface area contributed by atoms with Crippen LogP contribution < -0.4 is 15.4 Å². The van der Waals surface area contributed by atoms with Crippen LogP contribution >= 0.6 is 11.6 Å². The van der Waals surface area contributed by atoms with Crippen LogP contribution in [0.15, 0.2) is 48.5 Å². The topological polar surface area (TPSA) is 76.7 Å². The predicted molar refractivity (Wildman–Crippen MR) is 91.3 cm³/mol. The summed E-state index contributed by atoms with van der Waals surface area (Å²) in [6.45, 7) is -0.0698. The van der Waals surface area contributed by atoms with E-state index in [1.165, 1.54) is 7.11 Å².